The summed E-state index contributed by atoms with van der Waals surface area (Å²) < 4.78 is 26.3. The average molecular weight is 543 g/mol. The van der Waals surface area contributed by atoms with E-state index < -0.39 is 28.5 Å². The number of nitrogens with zero attached hydrogens (tertiary/aromatic N) is 2. The lowest BCUT2D eigenvalue weighted by molar-refractivity contribution is -0.140. The van der Waals surface area contributed by atoms with Gasteiger partial charge in [-0.3, -0.25) is 13.9 Å². The molecule has 0 aromatic heterocycles. The van der Waals surface area contributed by atoms with E-state index >= 15 is 0 Å². The van der Waals surface area contributed by atoms with Crippen molar-refractivity contribution in [1.82, 2.24) is 10.2 Å². The Kier molecular flexibility index (Phi) is 10.4. The number of hydrogen-bond acceptors (Lipinski definition) is 4. The number of carbonyl (C=O) groups is 2. The first-order chi connectivity index (χ1) is 16.3. The van der Waals surface area contributed by atoms with Gasteiger partial charge in [0.1, 0.15) is 12.6 Å². The molecule has 192 valence electrons. The summed E-state index contributed by atoms with van der Waals surface area (Å²) in [7, 11) is -3.88. The Hall–Kier alpha value is -2.29. The number of anilines is 1. The van der Waals surface area contributed by atoms with Crippen LogP contribution in [-0.2, 0) is 26.2 Å². The third kappa shape index (κ3) is 8.40. The van der Waals surface area contributed by atoms with Crippen LogP contribution in [0.2, 0.25) is 10.0 Å². The first-order valence-corrected chi connectivity index (χ1v) is 14.0. The Labute approximate surface area is 218 Å². The Morgan fingerprint density at radius 1 is 1.06 bits per heavy atom. The number of halogens is 2. The molecule has 0 spiro atoms. The minimum Gasteiger partial charge on any atom is -0.354 e. The molecular formula is C25H33Cl2N3O4S. The SMILES string of the molecule is CCC(C(=O)NCC(C)C)N(Cc1ccc(C)cc1)C(=O)CN(c1ccc(Cl)cc1Cl)S(C)(=O)=O. The Bertz CT molecular complexity index is 1140. The molecule has 0 bridgehead atoms. The largest absolute Gasteiger partial charge is 0.354 e. The van der Waals surface area contributed by atoms with E-state index in [1.54, 1.807) is 0 Å². The van der Waals surface area contributed by atoms with Crippen LogP contribution in [0.25, 0.3) is 0 Å². The van der Waals surface area contributed by atoms with Crippen molar-refractivity contribution in [2.45, 2.75) is 46.7 Å². The van der Waals surface area contributed by atoms with Gasteiger partial charge in [-0.15, -0.1) is 0 Å². The fraction of sp³-hybridized carbons (Fsp3) is 0.440. The van der Waals surface area contributed by atoms with Crippen molar-refractivity contribution in [3.63, 3.8) is 0 Å². The number of aryl methyl sites for hydroxylation is 1. The molecule has 0 heterocycles. The number of rotatable bonds is 11. The second-order valence-electron chi connectivity index (χ2n) is 8.94. The molecule has 2 amide bonds. The highest BCUT2D eigenvalue weighted by Gasteiger charge is 2.32. The summed E-state index contributed by atoms with van der Waals surface area (Å²) in [6, 6.07) is 11.2. The molecule has 1 atom stereocenters. The van der Waals surface area contributed by atoms with Gasteiger partial charge in [-0.2, -0.15) is 0 Å². The fourth-order valence-electron chi connectivity index (χ4n) is 3.51. The minimum absolute atomic E-state index is 0.0996. The van der Waals surface area contributed by atoms with Crippen molar-refractivity contribution in [1.29, 1.82) is 0 Å². The second kappa shape index (κ2) is 12.6. The molecule has 1 unspecified atom stereocenters. The summed E-state index contributed by atoms with van der Waals surface area (Å²) in [4.78, 5) is 28.1. The van der Waals surface area contributed by atoms with Gasteiger partial charge in [0.25, 0.3) is 0 Å². The molecule has 35 heavy (non-hydrogen) atoms. The molecule has 2 aromatic rings. The normalized spacial score (nSPS) is 12.3. The summed E-state index contributed by atoms with van der Waals surface area (Å²) in [5.41, 5.74) is 2.03. The van der Waals surface area contributed by atoms with Crippen LogP contribution in [0.15, 0.2) is 42.5 Å². The minimum atomic E-state index is -3.88. The molecule has 2 aromatic carbocycles. The predicted octanol–water partition coefficient (Wildman–Crippen LogP) is 4.65. The van der Waals surface area contributed by atoms with Crippen LogP contribution in [0, 0.1) is 12.8 Å². The van der Waals surface area contributed by atoms with Crippen molar-refractivity contribution in [3.8, 4) is 0 Å². The van der Waals surface area contributed by atoms with E-state index in [9.17, 15) is 18.0 Å². The molecular weight excluding hydrogens is 509 g/mol. The van der Waals surface area contributed by atoms with E-state index in [0.717, 1.165) is 21.7 Å². The zero-order valence-corrected chi connectivity index (χ0v) is 23.0. The molecule has 0 fully saturated rings. The number of nitrogens with one attached hydrogen (secondary N) is 1. The topological polar surface area (TPSA) is 86.8 Å². The molecule has 2 rings (SSSR count). The van der Waals surface area contributed by atoms with Crippen LogP contribution >= 0.6 is 23.2 Å². The summed E-state index contributed by atoms with van der Waals surface area (Å²) >= 11 is 12.2. The summed E-state index contributed by atoms with van der Waals surface area (Å²) in [5, 5.41) is 3.33. The van der Waals surface area contributed by atoms with E-state index in [4.69, 9.17) is 23.2 Å². The average Bonchev–Trinajstić information content (AvgIpc) is 2.76. The van der Waals surface area contributed by atoms with E-state index in [0.29, 0.717) is 18.0 Å². The van der Waals surface area contributed by atoms with Crippen LogP contribution in [0.5, 0.6) is 0 Å². The number of hydrogen-bond donors (Lipinski definition) is 1. The third-order valence-electron chi connectivity index (χ3n) is 5.40. The zero-order valence-electron chi connectivity index (χ0n) is 20.7. The van der Waals surface area contributed by atoms with Crippen molar-refractivity contribution in [2.75, 3.05) is 23.7 Å². The number of amides is 2. The lowest BCUT2D eigenvalue weighted by Crippen LogP contribution is -2.52. The molecule has 1 N–H and O–H groups in total. The van der Waals surface area contributed by atoms with Gasteiger partial charge in [-0.1, -0.05) is 73.8 Å². The fourth-order valence-corrected chi connectivity index (χ4v) is 4.93. The first-order valence-electron chi connectivity index (χ1n) is 11.4. The molecule has 0 aliphatic heterocycles. The highest BCUT2D eigenvalue weighted by Crippen LogP contribution is 2.30. The third-order valence-corrected chi connectivity index (χ3v) is 7.07. The number of benzene rings is 2. The first kappa shape index (κ1) is 28.9. The Morgan fingerprint density at radius 2 is 1.69 bits per heavy atom. The van der Waals surface area contributed by atoms with Crippen LogP contribution in [0.4, 0.5) is 5.69 Å². The molecule has 0 aliphatic rings. The van der Waals surface area contributed by atoms with Crippen molar-refractivity contribution >= 4 is 50.7 Å². The van der Waals surface area contributed by atoms with Gasteiger partial charge in [-0.05, 0) is 43.0 Å². The van der Waals surface area contributed by atoms with Gasteiger partial charge in [0.15, 0.2) is 0 Å². The maximum Gasteiger partial charge on any atom is 0.244 e. The van der Waals surface area contributed by atoms with Gasteiger partial charge < -0.3 is 10.2 Å². The van der Waals surface area contributed by atoms with Crippen molar-refractivity contribution in [3.05, 3.63) is 63.6 Å². The van der Waals surface area contributed by atoms with Crippen LogP contribution in [0.1, 0.15) is 38.3 Å². The van der Waals surface area contributed by atoms with Gasteiger partial charge in [0.2, 0.25) is 21.8 Å². The molecule has 0 saturated carbocycles. The molecule has 7 nitrogen and oxygen atoms in total. The van der Waals surface area contributed by atoms with Gasteiger partial charge in [0, 0.05) is 18.1 Å². The predicted molar refractivity (Wildman–Crippen MR) is 142 cm³/mol. The second-order valence-corrected chi connectivity index (χ2v) is 11.7. The summed E-state index contributed by atoms with van der Waals surface area (Å²) in [5.74, 6) is -0.559. The van der Waals surface area contributed by atoms with E-state index in [1.807, 2.05) is 52.0 Å². The lowest BCUT2D eigenvalue weighted by atomic mass is 10.1. The highest BCUT2D eigenvalue weighted by molar-refractivity contribution is 7.92. The van der Waals surface area contributed by atoms with Crippen molar-refractivity contribution in [2.24, 2.45) is 5.92 Å². The number of carbonyl (C=O) groups excluding carboxylic acids is 2. The lowest BCUT2D eigenvalue weighted by Gasteiger charge is -2.33. The van der Waals surface area contributed by atoms with Gasteiger partial charge >= 0.3 is 0 Å². The van der Waals surface area contributed by atoms with Crippen LogP contribution in [-0.4, -0.2) is 50.5 Å². The Morgan fingerprint density at radius 3 is 2.20 bits per heavy atom. The highest BCUT2D eigenvalue weighted by atomic mass is 35.5. The van der Waals surface area contributed by atoms with Crippen LogP contribution in [0.3, 0.4) is 0 Å². The van der Waals surface area contributed by atoms with E-state index in [-0.39, 0.29) is 29.1 Å². The monoisotopic (exact) mass is 541 g/mol. The van der Waals surface area contributed by atoms with E-state index in [2.05, 4.69) is 5.32 Å². The molecule has 0 saturated heterocycles. The van der Waals surface area contributed by atoms with Gasteiger partial charge in [0.05, 0.1) is 17.0 Å². The number of sulfonamides is 1. The smallest absolute Gasteiger partial charge is 0.244 e. The summed E-state index contributed by atoms with van der Waals surface area (Å²) in [6.45, 7) is 7.85. The van der Waals surface area contributed by atoms with Crippen LogP contribution < -0.4 is 9.62 Å². The quantitative estimate of drug-likeness (QED) is 0.448. The molecule has 10 heteroatoms. The summed E-state index contributed by atoms with van der Waals surface area (Å²) in [6.07, 6.45) is 1.37. The maximum absolute atomic E-state index is 13.6. The molecule has 0 radical (unpaired) electrons. The maximum atomic E-state index is 13.6. The standard InChI is InChI=1S/C25H33Cl2N3O4S/c1-6-22(25(32)28-14-17(2)3)29(15-19-9-7-18(4)8-10-19)24(31)16-30(35(5,33)34)23-12-11-20(26)13-21(23)27/h7-13,17,22H,6,14-16H2,1-5H3,(H,28,32). The van der Waals surface area contributed by atoms with Crippen molar-refractivity contribution < 1.29 is 18.0 Å². The zero-order chi connectivity index (χ0) is 26.3. The Balaban J connectivity index is 2.44. The van der Waals surface area contributed by atoms with E-state index in [1.165, 1.54) is 23.1 Å². The molecule has 0 aliphatic carbocycles. The van der Waals surface area contributed by atoms with Gasteiger partial charge in [-0.25, -0.2) is 8.42 Å².